The molecule has 1 aromatic heterocycles. The third kappa shape index (κ3) is 7.45. The van der Waals surface area contributed by atoms with Crippen molar-refractivity contribution in [2.24, 2.45) is 0 Å². The minimum absolute atomic E-state index is 0. The summed E-state index contributed by atoms with van der Waals surface area (Å²) in [6.45, 7) is 4.83. The molecule has 158 valence electrons. The molecule has 5 heteroatoms. The first kappa shape index (κ1) is 23.4. The SMILES string of the molecule is CCCCc1ccc(CC(=O)N(Cc2ccccn2)C2CCCNCC2)cc1.Cl. The van der Waals surface area contributed by atoms with E-state index in [9.17, 15) is 4.79 Å². The van der Waals surface area contributed by atoms with Gasteiger partial charge in [-0.2, -0.15) is 0 Å². The van der Waals surface area contributed by atoms with Crippen LogP contribution in [-0.4, -0.2) is 34.9 Å². The summed E-state index contributed by atoms with van der Waals surface area (Å²) in [7, 11) is 0. The Bertz CT molecular complexity index is 713. The van der Waals surface area contributed by atoms with Gasteiger partial charge in [0.25, 0.3) is 0 Å². The van der Waals surface area contributed by atoms with Gasteiger partial charge in [-0.25, -0.2) is 0 Å². The smallest absolute Gasteiger partial charge is 0.227 e. The summed E-state index contributed by atoms with van der Waals surface area (Å²) < 4.78 is 0. The van der Waals surface area contributed by atoms with Crippen molar-refractivity contribution in [2.45, 2.75) is 64.5 Å². The number of carbonyl (C=O) groups excluding carboxylic acids is 1. The van der Waals surface area contributed by atoms with Gasteiger partial charge < -0.3 is 10.2 Å². The van der Waals surface area contributed by atoms with E-state index in [1.54, 1.807) is 0 Å². The highest BCUT2D eigenvalue weighted by Gasteiger charge is 2.25. The lowest BCUT2D eigenvalue weighted by molar-refractivity contribution is -0.133. The van der Waals surface area contributed by atoms with Gasteiger partial charge in [-0.15, -0.1) is 12.4 Å². The van der Waals surface area contributed by atoms with Gasteiger partial charge in [-0.05, 0) is 68.5 Å². The van der Waals surface area contributed by atoms with Crippen LogP contribution >= 0.6 is 12.4 Å². The quantitative estimate of drug-likeness (QED) is 0.687. The van der Waals surface area contributed by atoms with Crippen LogP contribution in [0.25, 0.3) is 0 Å². The first-order valence-corrected chi connectivity index (χ1v) is 10.7. The number of carbonyl (C=O) groups is 1. The fraction of sp³-hybridized carbons (Fsp3) is 0.500. The Balaban J connectivity index is 0.00000300. The lowest BCUT2D eigenvalue weighted by Gasteiger charge is -2.31. The van der Waals surface area contributed by atoms with Crippen LogP contribution in [0.1, 0.15) is 55.8 Å². The molecule has 1 saturated heterocycles. The second kappa shape index (κ2) is 12.6. The van der Waals surface area contributed by atoms with Crippen LogP contribution in [0.4, 0.5) is 0 Å². The van der Waals surface area contributed by atoms with Crippen LogP contribution in [0.2, 0.25) is 0 Å². The summed E-state index contributed by atoms with van der Waals surface area (Å²) in [5.41, 5.74) is 3.42. The third-order valence-corrected chi connectivity index (χ3v) is 5.56. The number of nitrogens with one attached hydrogen (secondary N) is 1. The summed E-state index contributed by atoms with van der Waals surface area (Å²) >= 11 is 0. The Hall–Kier alpha value is -1.91. The normalized spacial score (nSPS) is 16.5. The Morgan fingerprint density at radius 3 is 2.62 bits per heavy atom. The average molecular weight is 416 g/mol. The first-order chi connectivity index (χ1) is 13.8. The molecule has 1 amide bonds. The van der Waals surface area contributed by atoms with Crippen molar-refractivity contribution >= 4 is 18.3 Å². The first-order valence-electron chi connectivity index (χ1n) is 10.7. The second-order valence-electron chi connectivity index (χ2n) is 7.77. The summed E-state index contributed by atoms with van der Waals surface area (Å²) in [6, 6.07) is 14.8. The van der Waals surface area contributed by atoms with Crippen LogP contribution in [0, 0.1) is 0 Å². The second-order valence-corrected chi connectivity index (χ2v) is 7.77. The lowest BCUT2D eigenvalue weighted by Crippen LogP contribution is -2.41. The molecule has 4 nitrogen and oxygen atoms in total. The largest absolute Gasteiger partial charge is 0.333 e. The monoisotopic (exact) mass is 415 g/mol. The number of pyridine rings is 1. The maximum absolute atomic E-state index is 13.3. The number of amides is 1. The van der Waals surface area contributed by atoms with E-state index in [1.165, 1.54) is 18.4 Å². The zero-order chi connectivity index (χ0) is 19.6. The molecule has 1 aromatic carbocycles. The van der Waals surface area contributed by atoms with Crippen molar-refractivity contribution in [2.75, 3.05) is 13.1 Å². The van der Waals surface area contributed by atoms with E-state index >= 15 is 0 Å². The fourth-order valence-electron chi connectivity index (χ4n) is 3.88. The number of hydrogen-bond acceptors (Lipinski definition) is 3. The third-order valence-electron chi connectivity index (χ3n) is 5.56. The van der Waals surface area contributed by atoms with E-state index in [4.69, 9.17) is 0 Å². The molecule has 0 radical (unpaired) electrons. The number of aryl methyl sites for hydroxylation is 1. The number of nitrogens with zero attached hydrogens (tertiary/aromatic N) is 2. The number of unbranched alkanes of at least 4 members (excludes halogenated alkanes) is 1. The topological polar surface area (TPSA) is 45.2 Å². The lowest BCUT2D eigenvalue weighted by atomic mass is 10.0. The number of aromatic nitrogens is 1. The zero-order valence-electron chi connectivity index (χ0n) is 17.5. The molecule has 0 bridgehead atoms. The van der Waals surface area contributed by atoms with Crippen LogP contribution < -0.4 is 5.32 Å². The molecular formula is C24H34ClN3O. The average Bonchev–Trinajstić information content (AvgIpc) is 3.01. The summed E-state index contributed by atoms with van der Waals surface area (Å²) in [5, 5.41) is 3.45. The molecule has 0 aliphatic carbocycles. The highest BCUT2D eigenvalue weighted by Crippen LogP contribution is 2.18. The molecular weight excluding hydrogens is 382 g/mol. The molecule has 2 aromatic rings. The van der Waals surface area contributed by atoms with Crippen molar-refractivity contribution in [3.05, 3.63) is 65.5 Å². The molecule has 1 atom stereocenters. The van der Waals surface area contributed by atoms with E-state index in [1.807, 2.05) is 24.4 Å². The van der Waals surface area contributed by atoms with E-state index in [2.05, 4.69) is 46.4 Å². The van der Waals surface area contributed by atoms with Gasteiger partial charge in [-0.3, -0.25) is 9.78 Å². The van der Waals surface area contributed by atoms with Crippen molar-refractivity contribution in [3.8, 4) is 0 Å². The number of rotatable bonds is 8. The standard InChI is InChI=1S/C24H33N3O.ClH/c1-2-3-7-20-10-12-21(13-11-20)18-24(28)27(19-22-8-4-5-16-26-22)23-9-6-15-25-17-14-23;/h4-5,8,10-13,16,23,25H,2-3,6-7,9,14-15,17-19H2,1H3;1H. The van der Waals surface area contributed by atoms with Crippen LogP contribution in [0.3, 0.4) is 0 Å². The summed E-state index contributed by atoms with van der Waals surface area (Å²) in [5.74, 6) is 0.207. The molecule has 0 saturated carbocycles. The Kier molecular flexibility index (Phi) is 10.2. The molecule has 1 N–H and O–H groups in total. The highest BCUT2D eigenvalue weighted by atomic mass is 35.5. The van der Waals surface area contributed by atoms with Crippen LogP contribution in [-0.2, 0) is 24.2 Å². The van der Waals surface area contributed by atoms with E-state index in [0.717, 1.165) is 50.0 Å². The minimum Gasteiger partial charge on any atom is -0.333 e. The van der Waals surface area contributed by atoms with Gasteiger partial charge in [-0.1, -0.05) is 43.7 Å². The minimum atomic E-state index is 0. The zero-order valence-corrected chi connectivity index (χ0v) is 18.3. The predicted molar refractivity (Wildman–Crippen MR) is 121 cm³/mol. The molecule has 2 heterocycles. The van der Waals surface area contributed by atoms with Crippen molar-refractivity contribution in [1.29, 1.82) is 0 Å². The Morgan fingerprint density at radius 1 is 1.10 bits per heavy atom. The number of benzene rings is 1. The summed E-state index contributed by atoms with van der Waals surface area (Å²) in [4.78, 5) is 19.8. The van der Waals surface area contributed by atoms with Gasteiger partial charge >= 0.3 is 0 Å². The summed E-state index contributed by atoms with van der Waals surface area (Å²) in [6.07, 6.45) is 8.99. The van der Waals surface area contributed by atoms with Gasteiger partial charge in [0.1, 0.15) is 0 Å². The molecule has 29 heavy (non-hydrogen) atoms. The van der Waals surface area contributed by atoms with Crippen LogP contribution in [0.15, 0.2) is 48.7 Å². The van der Waals surface area contributed by atoms with Gasteiger partial charge in [0.15, 0.2) is 0 Å². The van der Waals surface area contributed by atoms with Crippen molar-refractivity contribution < 1.29 is 4.79 Å². The van der Waals surface area contributed by atoms with Gasteiger partial charge in [0.2, 0.25) is 5.91 Å². The molecule has 3 rings (SSSR count). The number of hydrogen-bond donors (Lipinski definition) is 1. The maximum atomic E-state index is 13.3. The molecule has 1 unspecified atom stereocenters. The van der Waals surface area contributed by atoms with Crippen molar-refractivity contribution in [1.82, 2.24) is 15.2 Å². The predicted octanol–water partition coefficient (Wildman–Crippen LogP) is 4.56. The fourth-order valence-corrected chi connectivity index (χ4v) is 3.88. The molecule has 1 aliphatic rings. The molecule has 1 fully saturated rings. The van der Waals surface area contributed by atoms with Crippen LogP contribution in [0.5, 0.6) is 0 Å². The Morgan fingerprint density at radius 2 is 1.90 bits per heavy atom. The van der Waals surface area contributed by atoms with Gasteiger partial charge in [0, 0.05) is 12.2 Å². The van der Waals surface area contributed by atoms with E-state index in [0.29, 0.717) is 13.0 Å². The highest BCUT2D eigenvalue weighted by molar-refractivity contribution is 5.85. The maximum Gasteiger partial charge on any atom is 0.227 e. The molecule has 1 aliphatic heterocycles. The van der Waals surface area contributed by atoms with Crippen molar-refractivity contribution in [3.63, 3.8) is 0 Å². The number of halogens is 1. The molecule has 0 spiro atoms. The van der Waals surface area contributed by atoms with E-state index in [-0.39, 0.29) is 24.4 Å². The Labute approximate surface area is 181 Å². The van der Waals surface area contributed by atoms with E-state index < -0.39 is 0 Å². The van der Waals surface area contributed by atoms with Gasteiger partial charge in [0.05, 0.1) is 18.7 Å².